The standard InChI is InChI=1S/C22H17ClN2O4/c1-28-13-3-4-14-16(10-21(26)29-20(14)9-13)22(27)25-7-6-19-17(11-25)15-8-12(23)2-5-18(15)24-19/h2-5,8-10,24H,6-7,11H2,1H3. The van der Waals surface area contributed by atoms with Crippen LogP contribution in [0.3, 0.4) is 0 Å². The summed E-state index contributed by atoms with van der Waals surface area (Å²) >= 11 is 6.17. The second kappa shape index (κ2) is 6.67. The number of halogens is 1. The lowest BCUT2D eigenvalue weighted by Crippen LogP contribution is -2.36. The summed E-state index contributed by atoms with van der Waals surface area (Å²) in [6.07, 6.45) is 0.709. The maximum absolute atomic E-state index is 13.3. The third kappa shape index (κ3) is 2.96. The fraction of sp³-hybridized carbons (Fsp3) is 0.182. The first-order valence-electron chi connectivity index (χ1n) is 9.23. The number of hydrogen-bond acceptors (Lipinski definition) is 4. The van der Waals surface area contributed by atoms with Crippen LogP contribution in [-0.4, -0.2) is 29.4 Å². The number of fused-ring (bicyclic) bond motifs is 4. The molecule has 0 spiro atoms. The van der Waals surface area contributed by atoms with Gasteiger partial charge in [0, 0.05) is 64.2 Å². The van der Waals surface area contributed by atoms with Gasteiger partial charge in [-0.3, -0.25) is 4.79 Å². The molecule has 146 valence electrons. The molecule has 3 heterocycles. The lowest BCUT2D eigenvalue weighted by atomic mass is 10.0. The number of amides is 1. The molecule has 0 fully saturated rings. The highest BCUT2D eigenvalue weighted by atomic mass is 35.5. The maximum atomic E-state index is 13.3. The summed E-state index contributed by atoms with van der Waals surface area (Å²) in [5, 5.41) is 2.26. The van der Waals surface area contributed by atoms with E-state index < -0.39 is 5.63 Å². The Labute approximate surface area is 170 Å². The predicted octanol–water partition coefficient (Wildman–Crippen LogP) is 4.13. The Morgan fingerprint density at radius 1 is 1.17 bits per heavy atom. The van der Waals surface area contributed by atoms with Crippen LogP contribution < -0.4 is 10.4 Å². The molecule has 0 radical (unpaired) electrons. The van der Waals surface area contributed by atoms with Crippen molar-refractivity contribution < 1.29 is 13.9 Å². The van der Waals surface area contributed by atoms with Gasteiger partial charge in [-0.05, 0) is 30.3 Å². The maximum Gasteiger partial charge on any atom is 0.337 e. The SMILES string of the molecule is COc1ccc2c(C(=O)N3CCc4[nH]c5ccc(Cl)cc5c4C3)cc(=O)oc2c1. The van der Waals surface area contributed by atoms with Crippen molar-refractivity contribution in [1.29, 1.82) is 0 Å². The van der Waals surface area contributed by atoms with Crippen molar-refractivity contribution in [2.24, 2.45) is 0 Å². The monoisotopic (exact) mass is 408 g/mol. The molecule has 4 aromatic rings. The van der Waals surface area contributed by atoms with E-state index in [1.54, 1.807) is 23.1 Å². The van der Waals surface area contributed by atoms with E-state index in [0.29, 0.717) is 46.8 Å². The number of H-pyrrole nitrogens is 1. The summed E-state index contributed by atoms with van der Waals surface area (Å²) in [6, 6.07) is 12.1. The van der Waals surface area contributed by atoms with Crippen LogP contribution in [0.5, 0.6) is 5.75 Å². The molecule has 0 atom stereocenters. The molecule has 0 unspecified atom stereocenters. The summed E-state index contributed by atoms with van der Waals surface area (Å²) in [7, 11) is 1.53. The van der Waals surface area contributed by atoms with Crippen molar-refractivity contribution in [3.8, 4) is 5.75 Å². The summed E-state index contributed by atoms with van der Waals surface area (Å²) in [6.45, 7) is 1.01. The molecule has 0 saturated heterocycles. The number of hydrogen-bond donors (Lipinski definition) is 1. The number of rotatable bonds is 2. The van der Waals surface area contributed by atoms with E-state index in [2.05, 4.69) is 4.98 Å². The van der Waals surface area contributed by atoms with Crippen LogP contribution in [0.25, 0.3) is 21.9 Å². The Morgan fingerprint density at radius 2 is 2.03 bits per heavy atom. The quantitative estimate of drug-likeness (QED) is 0.506. The minimum absolute atomic E-state index is 0.199. The first-order chi connectivity index (χ1) is 14.0. The van der Waals surface area contributed by atoms with Gasteiger partial charge in [-0.15, -0.1) is 0 Å². The van der Waals surface area contributed by atoms with Gasteiger partial charge in [0.15, 0.2) is 0 Å². The summed E-state index contributed by atoms with van der Waals surface area (Å²) in [4.78, 5) is 30.6. The Balaban J connectivity index is 1.56. The van der Waals surface area contributed by atoms with Crippen LogP contribution in [0.4, 0.5) is 0 Å². The van der Waals surface area contributed by atoms with Gasteiger partial charge in [-0.2, -0.15) is 0 Å². The van der Waals surface area contributed by atoms with Crippen molar-refractivity contribution in [2.45, 2.75) is 13.0 Å². The first kappa shape index (κ1) is 17.8. The number of nitrogens with zero attached hydrogens (tertiary/aromatic N) is 1. The number of benzene rings is 2. The van der Waals surface area contributed by atoms with Gasteiger partial charge < -0.3 is 19.0 Å². The zero-order chi connectivity index (χ0) is 20.1. The minimum Gasteiger partial charge on any atom is -0.497 e. The van der Waals surface area contributed by atoms with Crippen LogP contribution >= 0.6 is 11.6 Å². The van der Waals surface area contributed by atoms with Crippen LogP contribution in [0, 0.1) is 0 Å². The third-order valence-electron chi connectivity index (χ3n) is 5.41. The number of nitrogens with one attached hydrogen (secondary N) is 1. The number of aromatic nitrogens is 1. The highest BCUT2D eigenvalue weighted by Crippen LogP contribution is 2.31. The molecule has 1 aliphatic rings. The van der Waals surface area contributed by atoms with Crippen molar-refractivity contribution >= 4 is 39.4 Å². The van der Waals surface area contributed by atoms with Crippen LogP contribution in [0.15, 0.2) is 51.7 Å². The number of methoxy groups -OCH3 is 1. The van der Waals surface area contributed by atoms with E-state index in [-0.39, 0.29) is 5.91 Å². The Kier molecular flexibility index (Phi) is 4.10. The second-order valence-electron chi connectivity index (χ2n) is 7.09. The molecule has 5 rings (SSSR count). The van der Waals surface area contributed by atoms with Gasteiger partial charge in [0.2, 0.25) is 0 Å². The lowest BCUT2D eigenvalue weighted by Gasteiger charge is -2.27. The Bertz CT molecular complexity index is 1340. The number of ether oxygens (including phenoxy) is 1. The molecule has 0 bridgehead atoms. The molecule has 1 aliphatic heterocycles. The van der Waals surface area contributed by atoms with Gasteiger partial charge >= 0.3 is 5.63 Å². The molecule has 0 saturated carbocycles. The normalized spacial score (nSPS) is 13.7. The van der Waals surface area contributed by atoms with E-state index in [1.165, 1.54) is 13.2 Å². The molecule has 29 heavy (non-hydrogen) atoms. The number of carbonyl (C=O) groups excluding carboxylic acids is 1. The van der Waals surface area contributed by atoms with Gasteiger partial charge in [-0.25, -0.2) is 4.79 Å². The van der Waals surface area contributed by atoms with Crippen molar-refractivity contribution in [3.63, 3.8) is 0 Å². The predicted molar refractivity (Wildman–Crippen MR) is 111 cm³/mol. The molecular weight excluding hydrogens is 392 g/mol. The smallest absolute Gasteiger partial charge is 0.337 e. The topological polar surface area (TPSA) is 75.5 Å². The van der Waals surface area contributed by atoms with Gasteiger partial charge in [0.05, 0.1) is 12.7 Å². The summed E-state index contributed by atoms with van der Waals surface area (Å²) < 4.78 is 10.5. The molecule has 2 aromatic carbocycles. The largest absolute Gasteiger partial charge is 0.497 e. The Hall–Kier alpha value is -3.25. The van der Waals surface area contributed by atoms with Gasteiger partial charge in [0.25, 0.3) is 5.91 Å². The van der Waals surface area contributed by atoms with Crippen molar-refractivity contribution in [1.82, 2.24) is 9.88 Å². The van der Waals surface area contributed by atoms with Crippen LogP contribution in [0.2, 0.25) is 5.02 Å². The minimum atomic E-state index is -0.564. The van der Waals surface area contributed by atoms with E-state index >= 15 is 0 Å². The molecular formula is C22H17ClN2O4. The van der Waals surface area contributed by atoms with Crippen LogP contribution in [0.1, 0.15) is 21.6 Å². The average molecular weight is 409 g/mol. The number of carbonyl (C=O) groups is 1. The van der Waals surface area contributed by atoms with Gasteiger partial charge in [0.1, 0.15) is 11.3 Å². The molecule has 7 heteroatoms. The van der Waals surface area contributed by atoms with E-state index in [9.17, 15) is 9.59 Å². The third-order valence-corrected chi connectivity index (χ3v) is 5.64. The van der Waals surface area contributed by atoms with Crippen molar-refractivity contribution in [3.05, 3.63) is 74.7 Å². The van der Waals surface area contributed by atoms with Gasteiger partial charge in [-0.1, -0.05) is 11.6 Å². The first-order valence-corrected chi connectivity index (χ1v) is 9.61. The molecule has 2 aromatic heterocycles. The van der Waals surface area contributed by atoms with E-state index in [0.717, 1.165) is 22.2 Å². The molecule has 1 amide bonds. The molecule has 6 nitrogen and oxygen atoms in total. The van der Waals surface area contributed by atoms with Crippen molar-refractivity contribution in [2.75, 3.05) is 13.7 Å². The fourth-order valence-corrected chi connectivity index (χ4v) is 4.15. The highest BCUT2D eigenvalue weighted by molar-refractivity contribution is 6.31. The van der Waals surface area contributed by atoms with E-state index in [1.807, 2.05) is 18.2 Å². The molecule has 0 aliphatic carbocycles. The summed E-state index contributed by atoms with van der Waals surface area (Å²) in [5.41, 5.74) is 3.29. The zero-order valence-electron chi connectivity index (χ0n) is 15.6. The number of aromatic amines is 1. The van der Waals surface area contributed by atoms with Crippen LogP contribution in [-0.2, 0) is 13.0 Å². The molecule has 1 N–H and O–H groups in total. The zero-order valence-corrected chi connectivity index (χ0v) is 16.4. The average Bonchev–Trinajstić information content (AvgIpc) is 3.09. The highest BCUT2D eigenvalue weighted by Gasteiger charge is 2.26. The fourth-order valence-electron chi connectivity index (χ4n) is 3.98. The second-order valence-corrected chi connectivity index (χ2v) is 7.53. The lowest BCUT2D eigenvalue weighted by molar-refractivity contribution is 0.0736. The summed E-state index contributed by atoms with van der Waals surface area (Å²) in [5.74, 6) is 0.360. The van der Waals surface area contributed by atoms with E-state index in [4.69, 9.17) is 20.8 Å². The Morgan fingerprint density at radius 3 is 2.86 bits per heavy atom.